The van der Waals surface area contributed by atoms with Crippen molar-refractivity contribution in [3.8, 4) is 22.8 Å². The van der Waals surface area contributed by atoms with E-state index in [4.69, 9.17) is 21.1 Å². The topological polar surface area (TPSA) is 69.5 Å². The van der Waals surface area contributed by atoms with Crippen LogP contribution in [-0.2, 0) is 20.0 Å². The van der Waals surface area contributed by atoms with Gasteiger partial charge in [-0.25, -0.2) is 9.37 Å². The van der Waals surface area contributed by atoms with Crippen LogP contribution in [0.25, 0.3) is 11.3 Å². The second-order valence-corrected chi connectivity index (χ2v) is 7.31. The Morgan fingerprint density at radius 3 is 2.77 bits per heavy atom. The summed E-state index contributed by atoms with van der Waals surface area (Å²) in [5, 5.41) is 4.76. The highest BCUT2D eigenvalue weighted by atomic mass is 35.5. The summed E-state index contributed by atoms with van der Waals surface area (Å²) >= 11 is 6.27. The molecule has 3 aromatic rings. The Bertz CT molecular complexity index is 1130. The predicted molar refractivity (Wildman–Crippen MR) is 109 cm³/mol. The number of ether oxygens (including phenoxy) is 2. The Balaban J connectivity index is 1.66. The normalized spacial score (nSPS) is 13.2. The number of carbonyl (C=O) groups is 1. The number of aryl methyl sites for hydroxylation is 1. The summed E-state index contributed by atoms with van der Waals surface area (Å²) < 4.78 is 26.1. The van der Waals surface area contributed by atoms with E-state index in [9.17, 15) is 9.18 Å². The van der Waals surface area contributed by atoms with Crippen molar-refractivity contribution in [3.05, 3.63) is 58.3 Å². The van der Waals surface area contributed by atoms with Crippen LogP contribution in [0.5, 0.6) is 11.5 Å². The number of benzene rings is 1. The molecule has 0 fully saturated rings. The third-order valence-corrected chi connectivity index (χ3v) is 5.51. The summed E-state index contributed by atoms with van der Waals surface area (Å²) in [5.41, 5.74) is 3.38. The Morgan fingerprint density at radius 2 is 2.03 bits per heavy atom. The summed E-state index contributed by atoms with van der Waals surface area (Å²) in [6.45, 7) is 0.774. The lowest BCUT2D eigenvalue weighted by Crippen LogP contribution is -2.36. The van der Waals surface area contributed by atoms with E-state index in [2.05, 4.69) is 10.1 Å². The molecule has 9 heteroatoms. The molecule has 4 rings (SSSR count). The average Bonchev–Trinajstić information content (AvgIpc) is 3.07. The Hall–Kier alpha value is -3.13. The van der Waals surface area contributed by atoms with Gasteiger partial charge in [-0.2, -0.15) is 5.10 Å². The van der Waals surface area contributed by atoms with Gasteiger partial charge in [0, 0.05) is 43.0 Å². The highest BCUT2D eigenvalue weighted by Gasteiger charge is 2.30. The van der Waals surface area contributed by atoms with Gasteiger partial charge in [-0.3, -0.25) is 9.48 Å². The molecule has 0 saturated heterocycles. The molecule has 3 heterocycles. The molecule has 0 radical (unpaired) electrons. The second kappa shape index (κ2) is 7.95. The number of hydrogen-bond donors (Lipinski definition) is 0. The fraction of sp³-hybridized carbons (Fsp3) is 0.286. The first kappa shape index (κ1) is 20.2. The van der Waals surface area contributed by atoms with Gasteiger partial charge in [0.2, 0.25) is 0 Å². The van der Waals surface area contributed by atoms with Crippen LogP contribution in [-0.4, -0.2) is 46.3 Å². The molecule has 0 unspecified atom stereocenters. The van der Waals surface area contributed by atoms with Crippen molar-refractivity contribution in [2.45, 2.75) is 13.0 Å². The van der Waals surface area contributed by atoms with E-state index in [0.29, 0.717) is 36.6 Å². The number of carbonyl (C=O) groups excluding carboxylic acids is 1. The predicted octanol–water partition coefficient (Wildman–Crippen LogP) is 3.49. The summed E-state index contributed by atoms with van der Waals surface area (Å²) in [6, 6.07) is 6.17. The minimum Gasteiger partial charge on any atom is -0.497 e. The maximum atomic E-state index is 14.0. The fourth-order valence-electron chi connectivity index (χ4n) is 3.75. The number of halogens is 2. The second-order valence-electron chi connectivity index (χ2n) is 6.93. The number of methoxy groups -OCH3 is 2. The summed E-state index contributed by atoms with van der Waals surface area (Å²) in [5.74, 6) is 0.161. The van der Waals surface area contributed by atoms with Gasteiger partial charge in [0.1, 0.15) is 22.3 Å². The largest absolute Gasteiger partial charge is 0.497 e. The molecule has 0 N–H and O–H groups in total. The van der Waals surface area contributed by atoms with Crippen molar-refractivity contribution in [1.82, 2.24) is 19.7 Å². The van der Waals surface area contributed by atoms with Gasteiger partial charge in [-0.1, -0.05) is 11.6 Å². The number of fused-ring (bicyclic) bond motifs is 1. The third-order valence-electron chi connectivity index (χ3n) is 5.14. The fourth-order valence-corrected chi connectivity index (χ4v) is 4.02. The molecule has 0 atom stereocenters. The Morgan fingerprint density at radius 1 is 1.23 bits per heavy atom. The molecule has 1 aliphatic rings. The number of hydrogen-bond acceptors (Lipinski definition) is 5. The molecule has 1 amide bonds. The quantitative estimate of drug-likeness (QED) is 0.633. The maximum absolute atomic E-state index is 14.0. The van der Waals surface area contributed by atoms with E-state index in [1.807, 2.05) is 0 Å². The van der Waals surface area contributed by atoms with Crippen LogP contribution in [0.3, 0.4) is 0 Å². The molecule has 1 aromatic carbocycles. The monoisotopic (exact) mass is 430 g/mol. The first-order valence-electron chi connectivity index (χ1n) is 9.30. The van der Waals surface area contributed by atoms with E-state index in [-0.39, 0.29) is 22.4 Å². The van der Waals surface area contributed by atoms with Gasteiger partial charge in [0.15, 0.2) is 5.69 Å². The lowest BCUT2D eigenvalue weighted by atomic mass is 9.99. The van der Waals surface area contributed by atoms with Crippen LogP contribution in [0.1, 0.15) is 21.7 Å². The highest BCUT2D eigenvalue weighted by molar-refractivity contribution is 6.34. The summed E-state index contributed by atoms with van der Waals surface area (Å²) in [7, 11) is 4.79. The minimum atomic E-state index is -0.384. The van der Waals surface area contributed by atoms with Gasteiger partial charge < -0.3 is 14.4 Å². The van der Waals surface area contributed by atoms with Crippen molar-refractivity contribution in [3.63, 3.8) is 0 Å². The molecule has 0 aliphatic carbocycles. The van der Waals surface area contributed by atoms with Crippen molar-refractivity contribution < 1.29 is 18.7 Å². The van der Waals surface area contributed by atoms with E-state index in [1.165, 1.54) is 32.5 Å². The molecule has 1 aliphatic heterocycles. The summed E-state index contributed by atoms with van der Waals surface area (Å²) in [6.07, 6.45) is 2.06. The van der Waals surface area contributed by atoms with Crippen LogP contribution in [0, 0.1) is 5.82 Å². The van der Waals surface area contributed by atoms with Crippen LogP contribution < -0.4 is 9.47 Å². The van der Waals surface area contributed by atoms with Crippen LogP contribution in [0.2, 0.25) is 5.02 Å². The Kier molecular flexibility index (Phi) is 5.34. The lowest BCUT2D eigenvalue weighted by Gasteiger charge is -2.26. The van der Waals surface area contributed by atoms with E-state index < -0.39 is 0 Å². The van der Waals surface area contributed by atoms with Gasteiger partial charge in [0.25, 0.3) is 5.91 Å². The molecule has 0 saturated carbocycles. The molecule has 7 nitrogen and oxygen atoms in total. The molecule has 0 bridgehead atoms. The standard InChI is InChI=1S/C21H20ClFN4O3/c1-26-20(12-8-13(23)10-14(9-12)29-2)15-5-7-27(11-16(15)25-26)21(28)19-18(22)17(30-3)4-6-24-19/h4,6,8-10H,5,7,11H2,1-3H3. The molecule has 2 aromatic heterocycles. The zero-order chi connectivity index (χ0) is 21.4. The molecule has 156 valence electrons. The lowest BCUT2D eigenvalue weighted by molar-refractivity contribution is 0.0726. The number of nitrogens with zero attached hydrogens (tertiary/aromatic N) is 4. The van der Waals surface area contributed by atoms with Crippen LogP contribution in [0.15, 0.2) is 30.5 Å². The van der Waals surface area contributed by atoms with Crippen LogP contribution in [0.4, 0.5) is 4.39 Å². The number of pyridine rings is 1. The van der Waals surface area contributed by atoms with Gasteiger partial charge in [-0.05, 0) is 18.6 Å². The van der Waals surface area contributed by atoms with Gasteiger partial charge in [0.05, 0.1) is 32.2 Å². The Labute approximate surface area is 178 Å². The number of amides is 1. The molecule has 0 spiro atoms. The minimum absolute atomic E-state index is 0.144. The SMILES string of the molecule is COc1cc(F)cc(-c2c3c(nn2C)CN(C(=O)c2nccc(OC)c2Cl)CC3)c1. The van der Waals surface area contributed by atoms with Crippen molar-refractivity contribution in [2.24, 2.45) is 7.05 Å². The molecular weight excluding hydrogens is 411 g/mol. The van der Waals surface area contributed by atoms with Crippen molar-refractivity contribution in [1.29, 1.82) is 0 Å². The highest BCUT2D eigenvalue weighted by Crippen LogP contribution is 2.34. The van der Waals surface area contributed by atoms with Crippen molar-refractivity contribution in [2.75, 3.05) is 20.8 Å². The number of rotatable bonds is 4. The van der Waals surface area contributed by atoms with Gasteiger partial charge >= 0.3 is 0 Å². The van der Waals surface area contributed by atoms with Crippen molar-refractivity contribution >= 4 is 17.5 Å². The smallest absolute Gasteiger partial charge is 0.274 e. The van der Waals surface area contributed by atoms with E-state index >= 15 is 0 Å². The van der Waals surface area contributed by atoms with Gasteiger partial charge in [-0.15, -0.1) is 0 Å². The zero-order valence-electron chi connectivity index (χ0n) is 16.8. The first-order chi connectivity index (χ1) is 14.4. The zero-order valence-corrected chi connectivity index (χ0v) is 17.5. The number of aromatic nitrogens is 3. The first-order valence-corrected chi connectivity index (χ1v) is 9.68. The van der Waals surface area contributed by atoms with Crippen LogP contribution >= 0.6 is 11.6 Å². The maximum Gasteiger partial charge on any atom is 0.274 e. The molecular formula is C21H20ClFN4O3. The van der Waals surface area contributed by atoms with E-state index in [1.54, 1.807) is 28.8 Å². The molecule has 30 heavy (non-hydrogen) atoms. The average molecular weight is 431 g/mol. The third kappa shape index (κ3) is 3.47. The van der Waals surface area contributed by atoms with E-state index in [0.717, 1.165) is 17.0 Å². The summed E-state index contributed by atoms with van der Waals surface area (Å²) in [4.78, 5) is 18.8.